The summed E-state index contributed by atoms with van der Waals surface area (Å²) < 4.78 is 0. The predicted octanol–water partition coefficient (Wildman–Crippen LogP) is 2.35. The molecular formula is C10H20N2. The van der Waals surface area contributed by atoms with Crippen LogP contribution in [0.4, 0.5) is 0 Å². The second-order valence-corrected chi connectivity index (χ2v) is 4.15. The van der Waals surface area contributed by atoms with Gasteiger partial charge in [-0.3, -0.25) is 5.41 Å². The Hall–Kier alpha value is -0.530. The van der Waals surface area contributed by atoms with Gasteiger partial charge in [0.1, 0.15) is 0 Å². The molecule has 1 rings (SSSR count). The van der Waals surface area contributed by atoms with Crippen LogP contribution in [0.15, 0.2) is 0 Å². The second kappa shape index (κ2) is 3.92. The number of nitrogens with zero attached hydrogens (tertiary/aromatic N) is 1. The lowest BCUT2D eigenvalue weighted by Crippen LogP contribution is -2.37. The van der Waals surface area contributed by atoms with Gasteiger partial charge < -0.3 is 4.90 Å². The van der Waals surface area contributed by atoms with Crippen LogP contribution in [-0.4, -0.2) is 23.8 Å². The van der Waals surface area contributed by atoms with Gasteiger partial charge in [0.25, 0.3) is 0 Å². The summed E-state index contributed by atoms with van der Waals surface area (Å²) in [6.45, 7) is 8.68. The van der Waals surface area contributed by atoms with E-state index in [2.05, 4.69) is 18.7 Å². The minimum absolute atomic E-state index is 0.734. The van der Waals surface area contributed by atoms with Crippen LogP contribution in [0, 0.1) is 17.2 Å². The average molecular weight is 168 g/mol. The van der Waals surface area contributed by atoms with Gasteiger partial charge in [0.15, 0.2) is 0 Å². The van der Waals surface area contributed by atoms with Crippen molar-refractivity contribution >= 4 is 5.84 Å². The maximum absolute atomic E-state index is 7.49. The van der Waals surface area contributed by atoms with E-state index in [-0.39, 0.29) is 0 Å². The fraction of sp³-hybridized carbons (Fsp3) is 0.900. The van der Waals surface area contributed by atoms with E-state index in [4.69, 9.17) is 5.41 Å². The lowest BCUT2D eigenvalue weighted by Gasteiger charge is -2.34. The summed E-state index contributed by atoms with van der Waals surface area (Å²) in [6, 6.07) is 0. The summed E-state index contributed by atoms with van der Waals surface area (Å²) in [5.41, 5.74) is 0. The summed E-state index contributed by atoms with van der Waals surface area (Å²) in [5, 5.41) is 7.49. The number of hydrogen-bond acceptors (Lipinski definition) is 1. The van der Waals surface area contributed by atoms with Crippen LogP contribution in [0.3, 0.4) is 0 Å². The highest BCUT2D eigenvalue weighted by Gasteiger charge is 2.21. The SMILES string of the molecule is CC(=N)N1CCC(C(C)C)CC1. The highest BCUT2D eigenvalue weighted by atomic mass is 15.2. The van der Waals surface area contributed by atoms with E-state index in [0.29, 0.717) is 0 Å². The molecule has 1 aliphatic rings. The third kappa shape index (κ3) is 2.23. The van der Waals surface area contributed by atoms with E-state index >= 15 is 0 Å². The number of hydrogen-bond donors (Lipinski definition) is 1. The van der Waals surface area contributed by atoms with Gasteiger partial charge in [0.2, 0.25) is 0 Å². The topological polar surface area (TPSA) is 27.1 Å². The number of nitrogens with one attached hydrogen (secondary N) is 1. The Kier molecular flexibility index (Phi) is 3.12. The van der Waals surface area contributed by atoms with Crippen molar-refractivity contribution < 1.29 is 0 Å². The molecular weight excluding hydrogens is 148 g/mol. The molecule has 1 aliphatic heterocycles. The third-order valence-corrected chi connectivity index (χ3v) is 2.96. The molecule has 0 spiro atoms. The molecule has 70 valence electrons. The van der Waals surface area contributed by atoms with Crippen LogP contribution < -0.4 is 0 Å². The fourth-order valence-corrected chi connectivity index (χ4v) is 1.90. The molecule has 1 N–H and O–H groups in total. The van der Waals surface area contributed by atoms with E-state index in [1.807, 2.05) is 6.92 Å². The van der Waals surface area contributed by atoms with E-state index in [0.717, 1.165) is 30.8 Å². The first-order chi connectivity index (χ1) is 5.61. The molecule has 1 fully saturated rings. The average Bonchev–Trinajstić information content (AvgIpc) is 2.04. The Morgan fingerprint density at radius 2 is 1.83 bits per heavy atom. The quantitative estimate of drug-likeness (QED) is 0.472. The first-order valence-corrected chi connectivity index (χ1v) is 4.91. The van der Waals surface area contributed by atoms with E-state index < -0.39 is 0 Å². The summed E-state index contributed by atoms with van der Waals surface area (Å²) in [4.78, 5) is 2.18. The van der Waals surface area contributed by atoms with E-state index in [9.17, 15) is 0 Å². The zero-order chi connectivity index (χ0) is 9.14. The summed E-state index contributed by atoms with van der Waals surface area (Å²) in [6.07, 6.45) is 2.54. The monoisotopic (exact) mass is 168 g/mol. The molecule has 1 heterocycles. The molecule has 2 nitrogen and oxygen atoms in total. The molecule has 2 heteroatoms. The van der Waals surface area contributed by atoms with Crippen LogP contribution in [0.1, 0.15) is 33.6 Å². The Labute approximate surface area is 75.5 Å². The number of amidine groups is 1. The molecule has 1 saturated heterocycles. The highest BCUT2D eigenvalue weighted by molar-refractivity contribution is 5.76. The highest BCUT2D eigenvalue weighted by Crippen LogP contribution is 2.24. The second-order valence-electron chi connectivity index (χ2n) is 4.15. The molecule has 0 saturated carbocycles. The molecule has 0 aromatic rings. The maximum Gasteiger partial charge on any atom is 0.0925 e. The molecule has 12 heavy (non-hydrogen) atoms. The van der Waals surface area contributed by atoms with Crippen molar-refractivity contribution in [2.75, 3.05) is 13.1 Å². The van der Waals surface area contributed by atoms with Crippen molar-refractivity contribution in [2.45, 2.75) is 33.6 Å². The maximum atomic E-state index is 7.49. The molecule has 0 atom stereocenters. The normalized spacial score (nSPS) is 20.2. The van der Waals surface area contributed by atoms with E-state index in [1.165, 1.54) is 12.8 Å². The summed E-state index contributed by atoms with van der Waals surface area (Å²) in [5.74, 6) is 2.44. The van der Waals surface area contributed by atoms with Gasteiger partial charge >= 0.3 is 0 Å². The number of rotatable bonds is 1. The Morgan fingerprint density at radius 1 is 1.33 bits per heavy atom. The zero-order valence-corrected chi connectivity index (χ0v) is 8.43. The minimum Gasteiger partial charge on any atom is -0.361 e. The van der Waals surface area contributed by atoms with Crippen molar-refractivity contribution in [3.05, 3.63) is 0 Å². The minimum atomic E-state index is 0.734. The summed E-state index contributed by atoms with van der Waals surface area (Å²) in [7, 11) is 0. The lowest BCUT2D eigenvalue weighted by molar-refractivity contribution is 0.218. The molecule has 0 aromatic carbocycles. The molecule has 0 unspecified atom stereocenters. The van der Waals surface area contributed by atoms with Gasteiger partial charge in [-0.05, 0) is 31.6 Å². The summed E-state index contributed by atoms with van der Waals surface area (Å²) >= 11 is 0. The fourth-order valence-electron chi connectivity index (χ4n) is 1.90. The van der Waals surface area contributed by atoms with Crippen molar-refractivity contribution in [1.29, 1.82) is 5.41 Å². The van der Waals surface area contributed by atoms with E-state index in [1.54, 1.807) is 0 Å². The first kappa shape index (κ1) is 9.56. The molecule has 0 amide bonds. The smallest absolute Gasteiger partial charge is 0.0925 e. The van der Waals surface area contributed by atoms with Gasteiger partial charge in [-0.2, -0.15) is 0 Å². The van der Waals surface area contributed by atoms with Crippen LogP contribution in [0.5, 0.6) is 0 Å². The van der Waals surface area contributed by atoms with Crippen molar-refractivity contribution in [3.8, 4) is 0 Å². The number of likely N-dealkylation sites (tertiary alicyclic amines) is 1. The van der Waals surface area contributed by atoms with Gasteiger partial charge in [-0.25, -0.2) is 0 Å². The van der Waals surface area contributed by atoms with Gasteiger partial charge in [0, 0.05) is 13.1 Å². The molecule has 0 aromatic heterocycles. The largest absolute Gasteiger partial charge is 0.361 e. The van der Waals surface area contributed by atoms with Crippen molar-refractivity contribution in [2.24, 2.45) is 11.8 Å². The van der Waals surface area contributed by atoms with Crippen molar-refractivity contribution in [3.63, 3.8) is 0 Å². The number of piperidine rings is 1. The van der Waals surface area contributed by atoms with Gasteiger partial charge in [0.05, 0.1) is 5.84 Å². The Morgan fingerprint density at radius 3 is 2.17 bits per heavy atom. The third-order valence-electron chi connectivity index (χ3n) is 2.96. The lowest BCUT2D eigenvalue weighted by atomic mass is 9.87. The van der Waals surface area contributed by atoms with Crippen LogP contribution in [0.2, 0.25) is 0 Å². The molecule has 0 radical (unpaired) electrons. The molecule has 0 bridgehead atoms. The standard InChI is InChI=1S/C10H20N2/c1-8(2)10-4-6-12(7-5-10)9(3)11/h8,10-11H,4-7H2,1-3H3. The van der Waals surface area contributed by atoms with Gasteiger partial charge in [-0.1, -0.05) is 13.8 Å². The van der Waals surface area contributed by atoms with Gasteiger partial charge in [-0.15, -0.1) is 0 Å². The Balaban J connectivity index is 2.34. The first-order valence-electron chi connectivity index (χ1n) is 4.91. The predicted molar refractivity (Wildman–Crippen MR) is 52.5 cm³/mol. The van der Waals surface area contributed by atoms with Crippen LogP contribution >= 0.6 is 0 Å². The van der Waals surface area contributed by atoms with Crippen molar-refractivity contribution in [1.82, 2.24) is 4.90 Å². The zero-order valence-electron chi connectivity index (χ0n) is 8.43. The van der Waals surface area contributed by atoms with Crippen LogP contribution in [0.25, 0.3) is 0 Å². The van der Waals surface area contributed by atoms with Crippen LogP contribution in [-0.2, 0) is 0 Å². The Bertz CT molecular complexity index is 155. The molecule has 0 aliphatic carbocycles.